The predicted molar refractivity (Wildman–Crippen MR) is 84.5 cm³/mol. The quantitative estimate of drug-likeness (QED) is 0.752. The standard InChI is InChI=1S/C15H10F2N2OS2/c1-8-13(22-15(18-8)9-4-5-21-7-9)14(20)19-12-3-2-10(16)6-11(12)17/h2-7H,1H3,(H,19,20). The van der Waals surface area contributed by atoms with Gasteiger partial charge in [-0.05, 0) is 30.5 Å². The molecule has 1 N–H and O–H groups in total. The van der Waals surface area contributed by atoms with Gasteiger partial charge in [-0.3, -0.25) is 4.79 Å². The van der Waals surface area contributed by atoms with Gasteiger partial charge in [0.15, 0.2) is 0 Å². The van der Waals surface area contributed by atoms with Gasteiger partial charge in [-0.1, -0.05) is 0 Å². The van der Waals surface area contributed by atoms with Crippen LogP contribution in [0.1, 0.15) is 15.4 Å². The average molecular weight is 336 g/mol. The van der Waals surface area contributed by atoms with E-state index in [9.17, 15) is 13.6 Å². The Morgan fingerprint density at radius 2 is 2.09 bits per heavy atom. The number of halogens is 2. The molecule has 1 amide bonds. The molecule has 0 fully saturated rings. The Hall–Kier alpha value is -2.12. The maximum Gasteiger partial charge on any atom is 0.267 e. The van der Waals surface area contributed by atoms with Crippen LogP contribution in [0.5, 0.6) is 0 Å². The Balaban J connectivity index is 1.86. The number of aryl methyl sites for hydroxylation is 1. The van der Waals surface area contributed by atoms with Crippen LogP contribution in [0.15, 0.2) is 35.0 Å². The third-order valence-corrected chi connectivity index (χ3v) is 4.84. The first kappa shape index (κ1) is 14.8. The highest BCUT2D eigenvalue weighted by atomic mass is 32.1. The number of carbonyl (C=O) groups is 1. The highest BCUT2D eigenvalue weighted by molar-refractivity contribution is 7.17. The number of hydrogen-bond donors (Lipinski definition) is 1. The summed E-state index contributed by atoms with van der Waals surface area (Å²) in [5, 5.41) is 7.06. The lowest BCUT2D eigenvalue weighted by molar-refractivity contribution is 0.102. The molecular weight excluding hydrogens is 326 g/mol. The molecule has 3 rings (SSSR count). The molecule has 3 nitrogen and oxygen atoms in total. The molecule has 0 aliphatic carbocycles. The van der Waals surface area contributed by atoms with Crippen LogP contribution in [0.25, 0.3) is 10.6 Å². The summed E-state index contributed by atoms with van der Waals surface area (Å²) < 4.78 is 26.5. The van der Waals surface area contributed by atoms with Crippen LogP contribution in [0.4, 0.5) is 14.5 Å². The number of anilines is 1. The van der Waals surface area contributed by atoms with Crippen molar-refractivity contribution in [2.24, 2.45) is 0 Å². The van der Waals surface area contributed by atoms with E-state index >= 15 is 0 Å². The van der Waals surface area contributed by atoms with E-state index in [1.165, 1.54) is 17.4 Å². The lowest BCUT2D eigenvalue weighted by atomic mass is 10.3. The Morgan fingerprint density at radius 3 is 2.77 bits per heavy atom. The van der Waals surface area contributed by atoms with Crippen LogP contribution >= 0.6 is 22.7 Å². The molecule has 0 saturated heterocycles. The second-order valence-corrected chi connectivity index (χ2v) is 6.30. The smallest absolute Gasteiger partial charge is 0.267 e. The molecule has 22 heavy (non-hydrogen) atoms. The summed E-state index contributed by atoms with van der Waals surface area (Å²) >= 11 is 2.79. The van der Waals surface area contributed by atoms with Gasteiger partial charge in [-0.15, -0.1) is 11.3 Å². The molecule has 0 spiro atoms. The van der Waals surface area contributed by atoms with E-state index in [-0.39, 0.29) is 5.69 Å². The Morgan fingerprint density at radius 1 is 1.27 bits per heavy atom. The van der Waals surface area contributed by atoms with Crippen LogP contribution < -0.4 is 5.32 Å². The van der Waals surface area contributed by atoms with E-state index in [0.29, 0.717) is 10.6 Å². The van der Waals surface area contributed by atoms with Gasteiger partial charge in [0.25, 0.3) is 5.91 Å². The third kappa shape index (κ3) is 2.90. The summed E-state index contributed by atoms with van der Waals surface area (Å²) in [7, 11) is 0. The number of benzene rings is 1. The third-order valence-electron chi connectivity index (χ3n) is 2.95. The van der Waals surface area contributed by atoms with Crippen molar-refractivity contribution in [1.29, 1.82) is 0 Å². The lowest BCUT2D eigenvalue weighted by Gasteiger charge is -2.05. The Labute approximate surface area is 133 Å². The summed E-state index contributed by atoms with van der Waals surface area (Å²) in [6.45, 7) is 1.72. The zero-order valence-electron chi connectivity index (χ0n) is 11.4. The van der Waals surface area contributed by atoms with Crippen molar-refractivity contribution in [2.75, 3.05) is 5.32 Å². The molecule has 3 aromatic rings. The van der Waals surface area contributed by atoms with Crippen LogP contribution in [-0.2, 0) is 0 Å². The molecule has 0 aliphatic rings. The van der Waals surface area contributed by atoms with Crippen molar-refractivity contribution in [3.63, 3.8) is 0 Å². The number of thiophene rings is 1. The van der Waals surface area contributed by atoms with Crippen LogP contribution in [0.3, 0.4) is 0 Å². The fourth-order valence-corrected chi connectivity index (χ4v) is 3.56. The zero-order valence-corrected chi connectivity index (χ0v) is 13.0. The summed E-state index contributed by atoms with van der Waals surface area (Å²) in [5.74, 6) is -1.96. The topological polar surface area (TPSA) is 42.0 Å². The molecule has 112 valence electrons. The van der Waals surface area contributed by atoms with Crippen molar-refractivity contribution in [1.82, 2.24) is 4.98 Å². The number of thiazole rings is 1. The van der Waals surface area contributed by atoms with E-state index in [4.69, 9.17) is 0 Å². The second kappa shape index (κ2) is 5.94. The molecule has 7 heteroatoms. The van der Waals surface area contributed by atoms with E-state index in [2.05, 4.69) is 10.3 Å². The normalized spacial score (nSPS) is 10.7. The number of carbonyl (C=O) groups excluding carboxylic acids is 1. The number of nitrogens with one attached hydrogen (secondary N) is 1. The van der Waals surface area contributed by atoms with Gasteiger partial charge in [0.2, 0.25) is 0 Å². The van der Waals surface area contributed by atoms with E-state index in [1.54, 1.807) is 18.3 Å². The van der Waals surface area contributed by atoms with Gasteiger partial charge < -0.3 is 5.32 Å². The molecular formula is C15H10F2N2OS2. The lowest BCUT2D eigenvalue weighted by Crippen LogP contribution is -2.12. The first-order chi connectivity index (χ1) is 10.5. The summed E-state index contributed by atoms with van der Waals surface area (Å²) in [5.41, 5.74) is 1.47. The van der Waals surface area contributed by atoms with Crippen LogP contribution in [0, 0.1) is 18.6 Å². The molecule has 0 saturated carbocycles. The number of rotatable bonds is 3. The van der Waals surface area contributed by atoms with Gasteiger partial charge in [-0.25, -0.2) is 13.8 Å². The molecule has 0 bridgehead atoms. The van der Waals surface area contributed by atoms with Crippen molar-refractivity contribution in [2.45, 2.75) is 6.92 Å². The fraction of sp³-hybridized carbons (Fsp3) is 0.0667. The van der Waals surface area contributed by atoms with Gasteiger partial charge in [0, 0.05) is 17.0 Å². The van der Waals surface area contributed by atoms with Gasteiger partial charge in [0.1, 0.15) is 21.5 Å². The Bertz CT molecular complexity index is 828. The minimum absolute atomic E-state index is 0.0590. The SMILES string of the molecule is Cc1nc(-c2ccsc2)sc1C(=O)Nc1ccc(F)cc1F. The summed E-state index contributed by atoms with van der Waals surface area (Å²) in [6.07, 6.45) is 0. The van der Waals surface area contributed by atoms with Gasteiger partial charge in [-0.2, -0.15) is 11.3 Å². The first-order valence-electron chi connectivity index (χ1n) is 6.31. The number of aromatic nitrogens is 1. The molecule has 0 radical (unpaired) electrons. The highest BCUT2D eigenvalue weighted by Crippen LogP contribution is 2.30. The summed E-state index contributed by atoms with van der Waals surface area (Å²) in [4.78, 5) is 17.0. The highest BCUT2D eigenvalue weighted by Gasteiger charge is 2.18. The Kier molecular flexibility index (Phi) is 4.00. The van der Waals surface area contributed by atoms with Gasteiger partial charge in [0.05, 0.1) is 11.4 Å². The molecule has 0 unspecified atom stereocenters. The number of hydrogen-bond acceptors (Lipinski definition) is 4. The monoisotopic (exact) mass is 336 g/mol. The summed E-state index contributed by atoms with van der Waals surface area (Å²) in [6, 6.07) is 4.93. The van der Waals surface area contributed by atoms with Crippen LogP contribution in [-0.4, -0.2) is 10.9 Å². The van der Waals surface area contributed by atoms with Crippen LogP contribution in [0.2, 0.25) is 0 Å². The largest absolute Gasteiger partial charge is 0.319 e. The fourth-order valence-electron chi connectivity index (χ4n) is 1.89. The van der Waals surface area contributed by atoms with Crippen molar-refractivity contribution >= 4 is 34.3 Å². The molecule has 2 heterocycles. The average Bonchev–Trinajstić information content (AvgIpc) is 3.10. The maximum atomic E-state index is 13.6. The van der Waals surface area contributed by atoms with E-state index in [0.717, 1.165) is 22.7 Å². The van der Waals surface area contributed by atoms with Gasteiger partial charge >= 0.3 is 0 Å². The number of amides is 1. The van der Waals surface area contributed by atoms with Crippen molar-refractivity contribution in [3.8, 4) is 10.6 Å². The number of nitrogens with zero attached hydrogens (tertiary/aromatic N) is 1. The first-order valence-corrected chi connectivity index (χ1v) is 8.07. The molecule has 0 atom stereocenters. The minimum Gasteiger partial charge on any atom is -0.319 e. The molecule has 1 aromatic carbocycles. The molecule has 2 aromatic heterocycles. The molecule has 0 aliphatic heterocycles. The predicted octanol–water partition coefficient (Wildman–Crippen LogP) is 4.71. The van der Waals surface area contributed by atoms with E-state index in [1.807, 2.05) is 16.8 Å². The van der Waals surface area contributed by atoms with Crippen molar-refractivity contribution < 1.29 is 13.6 Å². The maximum absolute atomic E-state index is 13.6. The second-order valence-electron chi connectivity index (χ2n) is 4.52. The van der Waals surface area contributed by atoms with Crippen molar-refractivity contribution in [3.05, 3.63) is 57.2 Å². The zero-order chi connectivity index (χ0) is 15.7. The minimum atomic E-state index is -0.812. The van der Waals surface area contributed by atoms with E-state index < -0.39 is 17.5 Å².